The van der Waals surface area contributed by atoms with Crippen LogP contribution in [0.2, 0.25) is 0 Å². The fourth-order valence-corrected chi connectivity index (χ4v) is 3.53. The van der Waals surface area contributed by atoms with Crippen molar-refractivity contribution < 1.29 is 22.4 Å². The zero-order valence-corrected chi connectivity index (χ0v) is 13.9. The normalized spacial score (nSPS) is 17.8. The van der Waals surface area contributed by atoms with Crippen molar-refractivity contribution in [3.05, 3.63) is 35.7 Å². The van der Waals surface area contributed by atoms with Crippen LogP contribution in [-0.4, -0.2) is 36.9 Å². The van der Waals surface area contributed by atoms with Crippen LogP contribution < -0.4 is 5.32 Å². The number of nitrogens with one attached hydrogen (secondary N) is 1. The van der Waals surface area contributed by atoms with Gasteiger partial charge in [-0.3, -0.25) is 10.1 Å². The summed E-state index contributed by atoms with van der Waals surface area (Å²) < 4.78 is 35.0. The van der Waals surface area contributed by atoms with Gasteiger partial charge in [0.1, 0.15) is 6.10 Å². The van der Waals surface area contributed by atoms with E-state index in [1.807, 2.05) is 0 Å². The fourth-order valence-electron chi connectivity index (χ4n) is 2.43. The Hall–Kier alpha value is -2.26. The van der Waals surface area contributed by atoms with Gasteiger partial charge in [-0.2, -0.15) is 0 Å². The fraction of sp³-hybridized carbons (Fsp3) is 0.400. The Morgan fingerprint density at radius 1 is 1.33 bits per heavy atom. The van der Waals surface area contributed by atoms with Crippen molar-refractivity contribution in [2.24, 2.45) is 0 Å². The summed E-state index contributed by atoms with van der Waals surface area (Å²) in [6.07, 6.45) is 1.44. The van der Waals surface area contributed by atoms with E-state index in [2.05, 4.69) is 15.5 Å². The van der Waals surface area contributed by atoms with Crippen molar-refractivity contribution in [2.45, 2.75) is 30.8 Å². The molecule has 24 heavy (non-hydrogen) atoms. The third kappa shape index (κ3) is 3.31. The predicted octanol–water partition coefficient (Wildman–Crippen LogP) is 1.97. The third-order valence-corrected chi connectivity index (χ3v) is 5.50. The smallest absolute Gasteiger partial charge is 0.322 e. The standard InChI is InChI=1S/C15H17N3O5S/c1-2-24(20,21)12-8-4-3-6-10(12)13(19)16-15-18-17-14(23-15)11-7-5-9-22-11/h3-4,6,8,11H,2,5,7,9H2,1H3,(H,16,18,19). The van der Waals surface area contributed by atoms with Crippen LogP contribution in [0.15, 0.2) is 33.6 Å². The Bertz CT molecular complexity index is 840. The van der Waals surface area contributed by atoms with Crippen LogP contribution in [-0.2, 0) is 14.6 Å². The molecule has 3 rings (SSSR count). The molecule has 1 unspecified atom stereocenters. The number of hydrogen-bond donors (Lipinski definition) is 1. The molecular weight excluding hydrogens is 334 g/mol. The van der Waals surface area contributed by atoms with Crippen LogP contribution in [0.5, 0.6) is 0 Å². The number of carbonyl (C=O) groups is 1. The molecule has 0 aliphatic carbocycles. The number of nitrogens with zero attached hydrogens (tertiary/aromatic N) is 2. The van der Waals surface area contributed by atoms with E-state index in [4.69, 9.17) is 9.15 Å². The second-order valence-corrected chi connectivity index (χ2v) is 7.55. The first kappa shape index (κ1) is 16.6. The zero-order chi connectivity index (χ0) is 17.2. The number of hydrogen-bond acceptors (Lipinski definition) is 7. The molecule has 1 saturated heterocycles. The lowest BCUT2D eigenvalue weighted by Crippen LogP contribution is -2.17. The molecule has 0 bridgehead atoms. The van der Waals surface area contributed by atoms with Crippen LogP contribution >= 0.6 is 0 Å². The second-order valence-electron chi connectivity index (χ2n) is 5.30. The largest absolute Gasteiger partial charge is 0.405 e. The molecular formula is C15H17N3O5S. The van der Waals surface area contributed by atoms with Gasteiger partial charge in [0.25, 0.3) is 5.91 Å². The maximum absolute atomic E-state index is 12.4. The average molecular weight is 351 g/mol. The maximum atomic E-state index is 12.4. The summed E-state index contributed by atoms with van der Waals surface area (Å²) in [5.74, 6) is -0.413. The van der Waals surface area contributed by atoms with Gasteiger partial charge in [0.2, 0.25) is 5.89 Å². The Labute approximate surface area is 139 Å². The maximum Gasteiger partial charge on any atom is 0.322 e. The summed E-state index contributed by atoms with van der Waals surface area (Å²) in [6.45, 7) is 2.16. The highest BCUT2D eigenvalue weighted by Gasteiger charge is 2.25. The molecule has 2 heterocycles. The SMILES string of the molecule is CCS(=O)(=O)c1ccccc1C(=O)Nc1nnc(C2CCCO2)o1. The van der Waals surface area contributed by atoms with E-state index in [1.54, 1.807) is 12.1 Å². The molecule has 1 aliphatic rings. The van der Waals surface area contributed by atoms with E-state index in [0.29, 0.717) is 12.5 Å². The monoisotopic (exact) mass is 351 g/mol. The Morgan fingerprint density at radius 3 is 2.83 bits per heavy atom. The van der Waals surface area contributed by atoms with Crippen LogP contribution in [0.25, 0.3) is 0 Å². The van der Waals surface area contributed by atoms with Gasteiger partial charge < -0.3 is 9.15 Å². The van der Waals surface area contributed by atoms with Crippen molar-refractivity contribution in [1.29, 1.82) is 0 Å². The minimum atomic E-state index is -3.52. The molecule has 0 spiro atoms. The van der Waals surface area contributed by atoms with Gasteiger partial charge >= 0.3 is 6.01 Å². The minimum absolute atomic E-state index is 0.0242. The summed E-state index contributed by atoms with van der Waals surface area (Å²) in [6, 6.07) is 5.92. The van der Waals surface area contributed by atoms with Crippen molar-refractivity contribution in [3.63, 3.8) is 0 Å². The van der Waals surface area contributed by atoms with Gasteiger partial charge in [0, 0.05) is 6.61 Å². The van der Waals surface area contributed by atoms with E-state index < -0.39 is 15.7 Å². The Kier molecular flexibility index (Phi) is 4.63. The summed E-state index contributed by atoms with van der Waals surface area (Å²) in [7, 11) is -3.52. The number of sulfone groups is 1. The highest BCUT2D eigenvalue weighted by molar-refractivity contribution is 7.91. The van der Waals surface area contributed by atoms with Gasteiger partial charge in [-0.05, 0) is 25.0 Å². The molecule has 2 aromatic rings. The summed E-state index contributed by atoms with van der Waals surface area (Å²) in [5, 5.41) is 10.1. The van der Waals surface area contributed by atoms with Crippen molar-refractivity contribution in [1.82, 2.24) is 10.2 Å². The molecule has 1 atom stereocenters. The number of rotatable bonds is 5. The van der Waals surface area contributed by atoms with Gasteiger partial charge in [-0.25, -0.2) is 8.42 Å². The first-order valence-corrected chi connectivity index (χ1v) is 9.24. The molecule has 1 N–H and O–H groups in total. The lowest BCUT2D eigenvalue weighted by Gasteiger charge is -2.08. The molecule has 0 saturated carbocycles. The van der Waals surface area contributed by atoms with Gasteiger partial charge in [0.05, 0.1) is 16.2 Å². The van der Waals surface area contributed by atoms with Gasteiger partial charge in [-0.15, -0.1) is 5.10 Å². The topological polar surface area (TPSA) is 111 Å². The van der Waals surface area contributed by atoms with Gasteiger partial charge in [0.15, 0.2) is 9.84 Å². The predicted molar refractivity (Wildman–Crippen MR) is 84.3 cm³/mol. The molecule has 0 radical (unpaired) electrons. The number of amides is 1. The van der Waals surface area contributed by atoms with Crippen LogP contribution in [0.1, 0.15) is 42.1 Å². The van der Waals surface area contributed by atoms with E-state index in [9.17, 15) is 13.2 Å². The lowest BCUT2D eigenvalue weighted by atomic mass is 10.2. The van der Waals surface area contributed by atoms with Crippen LogP contribution in [0.3, 0.4) is 0 Å². The summed E-state index contributed by atoms with van der Waals surface area (Å²) >= 11 is 0. The first-order chi connectivity index (χ1) is 11.5. The van der Waals surface area contributed by atoms with E-state index in [0.717, 1.165) is 12.8 Å². The van der Waals surface area contributed by atoms with E-state index >= 15 is 0 Å². The van der Waals surface area contributed by atoms with E-state index in [1.165, 1.54) is 19.1 Å². The molecule has 1 aromatic heterocycles. The molecule has 1 aliphatic heterocycles. The Morgan fingerprint density at radius 2 is 2.12 bits per heavy atom. The molecule has 1 fully saturated rings. The Balaban J connectivity index is 1.81. The quantitative estimate of drug-likeness (QED) is 0.876. The minimum Gasteiger partial charge on any atom is -0.405 e. The van der Waals surface area contributed by atoms with Crippen LogP contribution in [0, 0.1) is 0 Å². The third-order valence-electron chi connectivity index (χ3n) is 3.71. The molecule has 8 nitrogen and oxygen atoms in total. The molecule has 9 heteroatoms. The second kappa shape index (κ2) is 6.70. The highest BCUT2D eigenvalue weighted by atomic mass is 32.2. The number of aromatic nitrogens is 2. The molecule has 1 aromatic carbocycles. The van der Waals surface area contributed by atoms with Gasteiger partial charge in [-0.1, -0.05) is 24.2 Å². The number of carbonyl (C=O) groups excluding carboxylic acids is 1. The number of anilines is 1. The molecule has 1 amide bonds. The first-order valence-electron chi connectivity index (χ1n) is 7.59. The summed E-state index contributed by atoms with van der Waals surface area (Å²) in [5.41, 5.74) is 0.0382. The number of benzene rings is 1. The van der Waals surface area contributed by atoms with E-state index in [-0.39, 0.29) is 28.3 Å². The highest BCUT2D eigenvalue weighted by Crippen LogP contribution is 2.28. The van der Waals surface area contributed by atoms with Crippen molar-refractivity contribution in [2.75, 3.05) is 17.7 Å². The molecule has 128 valence electrons. The zero-order valence-electron chi connectivity index (χ0n) is 13.1. The van der Waals surface area contributed by atoms with Crippen molar-refractivity contribution >= 4 is 21.8 Å². The van der Waals surface area contributed by atoms with Crippen LogP contribution in [0.4, 0.5) is 6.01 Å². The average Bonchev–Trinajstić information content (AvgIpc) is 3.26. The lowest BCUT2D eigenvalue weighted by molar-refractivity contribution is 0.0893. The number of ether oxygens (including phenoxy) is 1. The van der Waals surface area contributed by atoms with Crippen molar-refractivity contribution in [3.8, 4) is 0 Å². The summed E-state index contributed by atoms with van der Waals surface area (Å²) in [4.78, 5) is 12.4.